The molecule has 0 aromatic rings. The minimum Gasteiger partial charge on any atom is -0.481 e. The molecule has 222 valence electrons. The Morgan fingerprint density at radius 1 is 0.579 bits per heavy atom. The Morgan fingerprint density at radius 3 is 1.68 bits per heavy atom. The third-order valence-corrected chi connectivity index (χ3v) is 7.11. The third-order valence-electron chi connectivity index (χ3n) is 7.11. The van der Waals surface area contributed by atoms with Crippen LogP contribution in [0.2, 0.25) is 0 Å². The van der Waals surface area contributed by atoms with Crippen LogP contribution in [0.5, 0.6) is 0 Å². The summed E-state index contributed by atoms with van der Waals surface area (Å²) in [7, 11) is 0. The second-order valence-corrected chi connectivity index (χ2v) is 11.0. The van der Waals surface area contributed by atoms with Crippen LogP contribution in [0.25, 0.3) is 0 Å². The summed E-state index contributed by atoms with van der Waals surface area (Å²) in [4.78, 5) is 23.1. The Labute approximate surface area is 236 Å². The van der Waals surface area contributed by atoms with Crippen LogP contribution in [0.3, 0.4) is 0 Å². The molecule has 0 fully saturated rings. The number of hydrogen-bond acceptors (Lipinski definition) is 3. The topological polar surface area (TPSA) is 63.6 Å². The quantitative estimate of drug-likeness (QED) is 0.0589. The summed E-state index contributed by atoms with van der Waals surface area (Å²) in [5, 5.41) is 8.74. The second-order valence-electron chi connectivity index (χ2n) is 11.0. The summed E-state index contributed by atoms with van der Waals surface area (Å²) >= 11 is 0. The van der Waals surface area contributed by atoms with Gasteiger partial charge in [-0.05, 0) is 63.9 Å². The van der Waals surface area contributed by atoms with Gasteiger partial charge in [-0.1, -0.05) is 122 Å². The zero-order valence-electron chi connectivity index (χ0n) is 25.2. The number of unbranched alkanes of at least 4 members (excludes halogenated alkanes) is 18. The van der Waals surface area contributed by atoms with Gasteiger partial charge in [-0.25, -0.2) is 0 Å². The number of aliphatic carboxylic acids is 1. The second kappa shape index (κ2) is 30.0. The molecular formula is C34H62O4. The SMILES string of the molecule is CCC/C=C\CCCCCCCC(=O)OC(/C=C\CCCCCCCCC)CCCCCCCCC(=O)O. The van der Waals surface area contributed by atoms with Gasteiger partial charge in [0.05, 0.1) is 0 Å². The van der Waals surface area contributed by atoms with E-state index in [4.69, 9.17) is 9.84 Å². The van der Waals surface area contributed by atoms with Gasteiger partial charge in [0.1, 0.15) is 6.10 Å². The molecule has 4 nitrogen and oxygen atoms in total. The van der Waals surface area contributed by atoms with Gasteiger partial charge in [0, 0.05) is 12.8 Å². The number of esters is 1. The van der Waals surface area contributed by atoms with E-state index in [0.717, 1.165) is 64.2 Å². The molecule has 0 saturated heterocycles. The number of carbonyl (C=O) groups excluding carboxylic acids is 1. The number of ether oxygens (including phenoxy) is 1. The van der Waals surface area contributed by atoms with E-state index >= 15 is 0 Å². The number of carboxylic acids is 1. The first-order chi connectivity index (χ1) is 18.6. The van der Waals surface area contributed by atoms with Crippen molar-refractivity contribution in [3.05, 3.63) is 24.3 Å². The molecule has 0 aliphatic rings. The lowest BCUT2D eigenvalue weighted by atomic mass is 10.0. The molecule has 0 aromatic carbocycles. The van der Waals surface area contributed by atoms with Crippen molar-refractivity contribution in [3.63, 3.8) is 0 Å². The zero-order chi connectivity index (χ0) is 27.9. The maximum absolute atomic E-state index is 12.5. The van der Waals surface area contributed by atoms with Crippen molar-refractivity contribution in [1.82, 2.24) is 0 Å². The highest BCUT2D eigenvalue weighted by molar-refractivity contribution is 5.69. The van der Waals surface area contributed by atoms with Crippen molar-refractivity contribution in [2.45, 2.75) is 180 Å². The summed E-state index contributed by atoms with van der Waals surface area (Å²) in [6.07, 6.45) is 36.2. The first-order valence-corrected chi connectivity index (χ1v) is 16.3. The molecule has 0 amide bonds. The fraction of sp³-hybridized carbons (Fsp3) is 0.824. The molecule has 0 radical (unpaired) electrons. The van der Waals surface area contributed by atoms with Gasteiger partial charge in [0.2, 0.25) is 0 Å². The lowest BCUT2D eigenvalue weighted by Gasteiger charge is -2.15. The average Bonchev–Trinajstić information content (AvgIpc) is 2.89. The van der Waals surface area contributed by atoms with E-state index in [0.29, 0.717) is 6.42 Å². The van der Waals surface area contributed by atoms with Crippen molar-refractivity contribution < 1.29 is 19.4 Å². The van der Waals surface area contributed by atoms with Gasteiger partial charge in [-0.3, -0.25) is 9.59 Å². The summed E-state index contributed by atoms with van der Waals surface area (Å²) in [6, 6.07) is 0. The van der Waals surface area contributed by atoms with Crippen molar-refractivity contribution in [2.75, 3.05) is 0 Å². The average molecular weight is 535 g/mol. The van der Waals surface area contributed by atoms with Crippen LogP contribution in [0.1, 0.15) is 174 Å². The monoisotopic (exact) mass is 534 g/mol. The van der Waals surface area contributed by atoms with E-state index in [-0.39, 0.29) is 18.5 Å². The summed E-state index contributed by atoms with van der Waals surface area (Å²) in [6.45, 7) is 4.46. The molecule has 1 N–H and O–H groups in total. The number of hydrogen-bond donors (Lipinski definition) is 1. The molecule has 1 unspecified atom stereocenters. The van der Waals surface area contributed by atoms with E-state index in [1.807, 2.05) is 0 Å². The molecule has 0 saturated carbocycles. The van der Waals surface area contributed by atoms with E-state index in [9.17, 15) is 9.59 Å². The number of allylic oxidation sites excluding steroid dienone is 3. The van der Waals surface area contributed by atoms with Crippen molar-refractivity contribution in [1.29, 1.82) is 0 Å². The van der Waals surface area contributed by atoms with Gasteiger partial charge in [-0.15, -0.1) is 0 Å². The van der Waals surface area contributed by atoms with E-state index in [1.54, 1.807) is 0 Å². The van der Waals surface area contributed by atoms with Crippen molar-refractivity contribution in [2.24, 2.45) is 0 Å². The number of rotatable bonds is 29. The molecule has 0 bridgehead atoms. The normalized spacial score (nSPS) is 12.5. The maximum atomic E-state index is 12.5. The highest BCUT2D eigenvalue weighted by atomic mass is 16.5. The molecule has 0 aromatic heterocycles. The highest BCUT2D eigenvalue weighted by Crippen LogP contribution is 2.15. The molecule has 38 heavy (non-hydrogen) atoms. The molecule has 0 aliphatic carbocycles. The number of carboxylic acid groups (broad SMARTS) is 1. The standard InChI is InChI=1S/C34H62O4/c1-3-5-7-9-11-13-15-17-23-27-31-34(37)38-32(28-24-20-16-14-12-10-8-6-4-2)29-25-21-18-19-22-26-30-33(35)36/h7,9,24,28,32H,3-6,8,10-23,25-27,29-31H2,1-2H3,(H,35,36)/b9-7-,28-24-. The molecular weight excluding hydrogens is 472 g/mol. The molecule has 0 rings (SSSR count). The van der Waals surface area contributed by atoms with Crippen LogP contribution in [-0.4, -0.2) is 23.1 Å². The predicted molar refractivity (Wildman–Crippen MR) is 163 cm³/mol. The summed E-state index contributed by atoms with van der Waals surface area (Å²) in [5.41, 5.74) is 0. The van der Waals surface area contributed by atoms with Crippen molar-refractivity contribution >= 4 is 11.9 Å². The van der Waals surface area contributed by atoms with Crippen LogP contribution in [0, 0.1) is 0 Å². The van der Waals surface area contributed by atoms with E-state index in [1.165, 1.54) is 83.5 Å². The Kier molecular flexibility index (Phi) is 28.7. The van der Waals surface area contributed by atoms with Crippen LogP contribution in [0.15, 0.2) is 24.3 Å². The minimum absolute atomic E-state index is 0.0493. The van der Waals surface area contributed by atoms with Crippen LogP contribution in [-0.2, 0) is 14.3 Å². The summed E-state index contributed by atoms with van der Waals surface area (Å²) in [5.74, 6) is -0.750. The zero-order valence-corrected chi connectivity index (χ0v) is 25.2. The van der Waals surface area contributed by atoms with E-state index < -0.39 is 5.97 Å². The van der Waals surface area contributed by atoms with Gasteiger partial charge in [0.25, 0.3) is 0 Å². The first kappa shape index (κ1) is 36.4. The molecule has 0 aliphatic heterocycles. The van der Waals surface area contributed by atoms with Crippen molar-refractivity contribution in [3.8, 4) is 0 Å². The predicted octanol–water partition coefficient (Wildman–Crippen LogP) is 10.9. The van der Waals surface area contributed by atoms with Crippen LogP contribution in [0.4, 0.5) is 0 Å². The molecule has 0 spiro atoms. The minimum atomic E-state index is -0.701. The van der Waals surface area contributed by atoms with Crippen LogP contribution < -0.4 is 0 Å². The van der Waals surface area contributed by atoms with E-state index in [2.05, 4.69) is 38.2 Å². The first-order valence-electron chi connectivity index (χ1n) is 16.3. The van der Waals surface area contributed by atoms with Gasteiger partial charge in [-0.2, -0.15) is 0 Å². The number of carbonyl (C=O) groups is 2. The van der Waals surface area contributed by atoms with Crippen LogP contribution >= 0.6 is 0 Å². The van der Waals surface area contributed by atoms with Gasteiger partial charge >= 0.3 is 11.9 Å². The lowest BCUT2D eigenvalue weighted by Crippen LogP contribution is -2.16. The lowest BCUT2D eigenvalue weighted by molar-refractivity contribution is -0.147. The van der Waals surface area contributed by atoms with Gasteiger partial charge < -0.3 is 9.84 Å². The molecule has 1 atom stereocenters. The fourth-order valence-corrected chi connectivity index (χ4v) is 4.68. The summed E-state index contributed by atoms with van der Waals surface area (Å²) < 4.78 is 5.88. The largest absolute Gasteiger partial charge is 0.481 e. The maximum Gasteiger partial charge on any atom is 0.306 e. The Hall–Kier alpha value is -1.58. The third kappa shape index (κ3) is 29.0. The van der Waals surface area contributed by atoms with Gasteiger partial charge in [0.15, 0.2) is 0 Å². The Bertz CT molecular complexity index is 581. The smallest absolute Gasteiger partial charge is 0.306 e. The highest BCUT2D eigenvalue weighted by Gasteiger charge is 2.11. The molecule has 0 heterocycles. The Balaban J connectivity index is 4.17. The molecule has 4 heteroatoms. The fourth-order valence-electron chi connectivity index (χ4n) is 4.68. The Morgan fingerprint density at radius 2 is 1.08 bits per heavy atom.